The molecule has 0 aromatic heterocycles. The Morgan fingerprint density at radius 1 is 1.20 bits per heavy atom. The van der Waals surface area contributed by atoms with Crippen molar-refractivity contribution in [2.45, 2.75) is 34.1 Å². The molecule has 7 nitrogen and oxygen atoms in total. The van der Waals surface area contributed by atoms with E-state index >= 15 is 0 Å². The molecule has 0 amide bonds. The molecule has 0 aliphatic rings. The molecule has 20 heavy (non-hydrogen) atoms. The lowest BCUT2D eigenvalue weighted by Gasteiger charge is -2.17. The van der Waals surface area contributed by atoms with Crippen molar-refractivity contribution < 1.29 is 24.0 Å². The van der Waals surface area contributed by atoms with E-state index in [1.54, 1.807) is 13.8 Å². The molecule has 0 aromatic rings. The minimum Gasteiger partial charge on any atom is -0.469 e. The van der Waals surface area contributed by atoms with Gasteiger partial charge < -0.3 is 9.47 Å². The summed E-state index contributed by atoms with van der Waals surface area (Å²) in [5.74, 6) is -0.702. The molecule has 0 unspecified atom stereocenters. The molecule has 0 atom stereocenters. The van der Waals surface area contributed by atoms with Gasteiger partial charge in [0.25, 0.3) is 0 Å². The molecule has 0 bridgehead atoms. The second kappa shape index (κ2) is 9.94. The van der Waals surface area contributed by atoms with Crippen molar-refractivity contribution in [3.8, 4) is 0 Å². The average Bonchev–Trinajstić information content (AvgIpc) is 2.26. The van der Waals surface area contributed by atoms with Crippen molar-refractivity contribution in [1.29, 1.82) is 0 Å². The first-order valence-electron chi connectivity index (χ1n) is 5.95. The Hall–Kier alpha value is -1.92. The van der Waals surface area contributed by atoms with E-state index in [-0.39, 0.29) is 18.9 Å². The lowest BCUT2D eigenvalue weighted by molar-refractivity contribution is -0.495. The summed E-state index contributed by atoms with van der Waals surface area (Å²) in [5.41, 5.74) is 0.327. The van der Waals surface area contributed by atoms with Crippen molar-refractivity contribution in [2.24, 2.45) is 5.41 Å². The lowest BCUT2D eigenvalue weighted by atomic mass is 9.90. The van der Waals surface area contributed by atoms with Crippen molar-refractivity contribution in [1.82, 2.24) is 0 Å². The van der Waals surface area contributed by atoms with Gasteiger partial charge in [-0.05, 0) is 13.8 Å². The Balaban J connectivity index is 0. The van der Waals surface area contributed by atoms with Gasteiger partial charge in [0.05, 0.1) is 20.6 Å². The highest BCUT2D eigenvalue weighted by atomic mass is 16.6. The number of hydrogen-bond donors (Lipinski definition) is 0. The molecule has 0 saturated heterocycles. The van der Waals surface area contributed by atoms with Crippen LogP contribution in [0.2, 0.25) is 0 Å². The molecule has 116 valence electrons. The van der Waals surface area contributed by atoms with Crippen molar-refractivity contribution >= 4 is 11.9 Å². The molecule has 0 rings (SSSR count). The van der Waals surface area contributed by atoms with Crippen LogP contribution in [0.25, 0.3) is 0 Å². The summed E-state index contributed by atoms with van der Waals surface area (Å²) >= 11 is 0. The number of hydrogen-bond acceptors (Lipinski definition) is 6. The van der Waals surface area contributed by atoms with Gasteiger partial charge in [0.2, 0.25) is 6.54 Å². The quantitative estimate of drug-likeness (QED) is 0.332. The largest absolute Gasteiger partial charge is 0.469 e. The minimum absolute atomic E-state index is 0.0739. The molecule has 0 spiro atoms. The Bertz CT molecular complexity index is 369. The van der Waals surface area contributed by atoms with E-state index in [0.29, 0.717) is 0 Å². The van der Waals surface area contributed by atoms with Gasteiger partial charge >= 0.3 is 11.9 Å². The molecule has 0 saturated carbocycles. The summed E-state index contributed by atoms with van der Waals surface area (Å²) < 4.78 is 8.75. The second-order valence-corrected chi connectivity index (χ2v) is 5.15. The smallest absolute Gasteiger partial charge is 0.330 e. The highest BCUT2D eigenvalue weighted by molar-refractivity contribution is 5.82. The summed E-state index contributed by atoms with van der Waals surface area (Å²) in [4.78, 5) is 30.8. The van der Waals surface area contributed by atoms with E-state index in [1.165, 1.54) is 20.3 Å². The van der Waals surface area contributed by atoms with Crippen LogP contribution < -0.4 is 0 Å². The molecule has 0 aliphatic carbocycles. The number of carbonyl (C=O) groups is 2. The first kappa shape index (κ1) is 20.4. The van der Waals surface area contributed by atoms with Gasteiger partial charge in [-0.1, -0.05) is 19.4 Å². The third-order valence-corrected chi connectivity index (χ3v) is 2.02. The zero-order valence-corrected chi connectivity index (χ0v) is 12.9. The van der Waals surface area contributed by atoms with E-state index in [4.69, 9.17) is 0 Å². The van der Waals surface area contributed by atoms with Crippen LogP contribution in [0, 0.1) is 15.5 Å². The van der Waals surface area contributed by atoms with Crippen molar-refractivity contribution in [3.05, 3.63) is 21.8 Å². The van der Waals surface area contributed by atoms with Gasteiger partial charge in [0.15, 0.2) is 0 Å². The first-order valence-corrected chi connectivity index (χ1v) is 5.95. The highest BCUT2D eigenvalue weighted by Crippen LogP contribution is 2.20. The van der Waals surface area contributed by atoms with Crippen molar-refractivity contribution in [2.75, 3.05) is 20.8 Å². The summed E-state index contributed by atoms with van der Waals surface area (Å²) in [6.45, 7) is 6.79. The number of carbonyl (C=O) groups excluding carboxylic acids is 2. The lowest BCUT2D eigenvalue weighted by Crippen LogP contribution is -2.26. The molecule has 0 N–H and O–H groups in total. The maximum absolute atomic E-state index is 10.8. The molecular weight excluding hydrogens is 266 g/mol. The van der Waals surface area contributed by atoms with Crippen LogP contribution in [0.15, 0.2) is 11.6 Å². The monoisotopic (exact) mass is 289 g/mol. The van der Waals surface area contributed by atoms with Crippen LogP contribution in [-0.4, -0.2) is 37.6 Å². The zero-order valence-electron chi connectivity index (χ0n) is 12.9. The van der Waals surface area contributed by atoms with Gasteiger partial charge in [-0.15, -0.1) is 0 Å². The third kappa shape index (κ3) is 14.1. The summed E-state index contributed by atoms with van der Waals surface area (Å²) in [7, 11) is 2.63. The molecule has 0 aromatic carbocycles. The standard InChI is InChI=1S/C7H13NO4.C6H10O2/c1-7(2,5-8(10)11)4-6(9)12-3;1-5(2)4-6(7)8-3/h4-5H2,1-3H3;4H,1-3H3. The molecule has 0 fully saturated rings. The molecular formula is C13H23NO6. The number of nitro groups is 1. The van der Waals surface area contributed by atoms with Gasteiger partial charge in [-0.25, -0.2) is 4.79 Å². The van der Waals surface area contributed by atoms with Crippen LogP contribution in [-0.2, 0) is 19.1 Å². The topological polar surface area (TPSA) is 95.7 Å². The van der Waals surface area contributed by atoms with Gasteiger partial charge in [0, 0.05) is 16.4 Å². The van der Waals surface area contributed by atoms with E-state index in [9.17, 15) is 19.7 Å². The number of allylic oxidation sites excluding steroid dienone is 1. The highest BCUT2D eigenvalue weighted by Gasteiger charge is 2.28. The van der Waals surface area contributed by atoms with E-state index in [1.807, 2.05) is 13.8 Å². The van der Waals surface area contributed by atoms with Crippen LogP contribution in [0.5, 0.6) is 0 Å². The molecule has 0 radical (unpaired) electrons. The normalized spacial score (nSPS) is 9.70. The van der Waals surface area contributed by atoms with Gasteiger partial charge in [0.1, 0.15) is 0 Å². The van der Waals surface area contributed by atoms with E-state index in [0.717, 1.165) is 5.57 Å². The van der Waals surface area contributed by atoms with Gasteiger partial charge in [-0.3, -0.25) is 14.9 Å². The summed E-state index contributed by atoms with van der Waals surface area (Å²) in [6.07, 6.45) is 1.52. The Morgan fingerprint density at radius 2 is 1.70 bits per heavy atom. The second-order valence-electron chi connectivity index (χ2n) is 5.15. The molecule has 0 heterocycles. The molecule has 7 heteroatoms. The SMILES string of the molecule is COC(=O)C=C(C)C.COC(=O)CC(C)(C)C[N+](=O)[O-]. The fourth-order valence-electron chi connectivity index (χ4n) is 1.16. The van der Waals surface area contributed by atoms with Crippen LogP contribution in [0.1, 0.15) is 34.1 Å². The van der Waals surface area contributed by atoms with Gasteiger partial charge in [-0.2, -0.15) is 0 Å². The predicted octanol–water partition coefficient (Wildman–Crippen LogP) is 1.98. The summed E-state index contributed by atoms with van der Waals surface area (Å²) in [5, 5.41) is 10.1. The Labute approximate surface area is 119 Å². The maximum atomic E-state index is 10.8. The fraction of sp³-hybridized carbons (Fsp3) is 0.692. The predicted molar refractivity (Wildman–Crippen MR) is 73.7 cm³/mol. The zero-order chi connectivity index (χ0) is 16.3. The third-order valence-electron chi connectivity index (χ3n) is 2.02. The fourth-order valence-corrected chi connectivity index (χ4v) is 1.16. The van der Waals surface area contributed by atoms with E-state index in [2.05, 4.69) is 9.47 Å². The number of rotatable bonds is 5. The number of ether oxygens (including phenoxy) is 2. The number of methoxy groups -OCH3 is 2. The first-order chi connectivity index (χ1) is 9.03. The van der Waals surface area contributed by atoms with Crippen LogP contribution >= 0.6 is 0 Å². The molecule has 0 aliphatic heterocycles. The Morgan fingerprint density at radius 3 is 1.95 bits per heavy atom. The van der Waals surface area contributed by atoms with Crippen molar-refractivity contribution in [3.63, 3.8) is 0 Å². The Kier molecular flexibility index (Phi) is 10.1. The van der Waals surface area contributed by atoms with Crippen LogP contribution in [0.4, 0.5) is 0 Å². The maximum Gasteiger partial charge on any atom is 0.330 e. The number of nitrogens with zero attached hydrogens (tertiary/aromatic N) is 1. The van der Waals surface area contributed by atoms with Crippen LogP contribution in [0.3, 0.4) is 0 Å². The summed E-state index contributed by atoms with van der Waals surface area (Å²) in [6, 6.07) is 0. The average molecular weight is 289 g/mol. The van der Waals surface area contributed by atoms with E-state index < -0.39 is 16.3 Å². The minimum atomic E-state index is -0.628. The number of esters is 2.